The van der Waals surface area contributed by atoms with Crippen LogP contribution in [0.25, 0.3) is 0 Å². The van der Waals surface area contributed by atoms with Crippen LogP contribution in [0.1, 0.15) is 45.1 Å². The van der Waals surface area contributed by atoms with E-state index in [2.05, 4.69) is 24.1 Å². The van der Waals surface area contributed by atoms with Gasteiger partial charge in [-0.05, 0) is 42.9 Å². The van der Waals surface area contributed by atoms with Crippen molar-refractivity contribution < 1.29 is 14.3 Å². The Morgan fingerprint density at radius 3 is 2.96 bits per heavy atom. The Morgan fingerprint density at radius 1 is 1.35 bits per heavy atom. The van der Waals surface area contributed by atoms with Gasteiger partial charge in [-0.1, -0.05) is 20.3 Å². The zero-order valence-corrected chi connectivity index (χ0v) is 15.6. The highest BCUT2D eigenvalue weighted by Gasteiger charge is 2.78. The van der Waals surface area contributed by atoms with E-state index in [-0.39, 0.29) is 41.0 Å². The first kappa shape index (κ1) is 16.7. The average molecular weight is 356 g/mol. The summed E-state index contributed by atoms with van der Waals surface area (Å²) in [5.74, 6) is 0.655. The molecule has 2 aliphatic heterocycles. The molecule has 140 valence electrons. The van der Waals surface area contributed by atoms with Gasteiger partial charge in [0.25, 0.3) is 0 Å². The highest BCUT2D eigenvalue weighted by Crippen LogP contribution is 2.70. The van der Waals surface area contributed by atoms with Crippen molar-refractivity contribution >= 4 is 5.97 Å². The van der Waals surface area contributed by atoms with Crippen LogP contribution < -0.4 is 5.32 Å². The molecule has 1 spiro atoms. The molecule has 1 aromatic heterocycles. The molecule has 1 aromatic rings. The Kier molecular flexibility index (Phi) is 3.70. The maximum absolute atomic E-state index is 12.6. The third-order valence-electron chi connectivity index (χ3n) is 7.64. The predicted molar refractivity (Wildman–Crippen MR) is 96.1 cm³/mol. The molecular formula is C21H28N2O3. The van der Waals surface area contributed by atoms with Crippen molar-refractivity contribution in [1.29, 1.82) is 0 Å². The van der Waals surface area contributed by atoms with Crippen molar-refractivity contribution in [3.63, 3.8) is 0 Å². The van der Waals surface area contributed by atoms with Crippen LogP contribution in [0.4, 0.5) is 0 Å². The standard InChI is InChI=1S/C21H28N2O3/c1-13-4-3-7-20(2)10-16-17(18-21(13,20)26-18)15(19(24)25-16)12-23-11-14-5-8-22-9-6-14/h5-6,8-9,13,15-18,23H,3-4,7,10-12H2,1-2H3. The number of ether oxygens (including phenoxy) is 2. The van der Waals surface area contributed by atoms with E-state index in [1.165, 1.54) is 24.8 Å². The first-order chi connectivity index (χ1) is 12.6. The number of rotatable bonds is 4. The van der Waals surface area contributed by atoms with Gasteiger partial charge in [-0.25, -0.2) is 0 Å². The fraction of sp³-hybridized carbons (Fsp3) is 0.714. The summed E-state index contributed by atoms with van der Waals surface area (Å²) in [6, 6.07) is 4.00. The lowest BCUT2D eigenvalue weighted by molar-refractivity contribution is -0.146. The van der Waals surface area contributed by atoms with Gasteiger partial charge >= 0.3 is 5.97 Å². The average Bonchev–Trinajstić information content (AvgIpc) is 3.30. The van der Waals surface area contributed by atoms with Crippen LogP contribution in [0.15, 0.2) is 24.5 Å². The number of aromatic nitrogens is 1. The lowest BCUT2D eigenvalue weighted by Gasteiger charge is -2.48. The topological polar surface area (TPSA) is 63.8 Å². The smallest absolute Gasteiger partial charge is 0.311 e. The number of pyridine rings is 1. The number of fused-ring (bicyclic) bond motifs is 2. The number of esters is 1. The third-order valence-corrected chi connectivity index (χ3v) is 7.64. The van der Waals surface area contributed by atoms with E-state index in [0.29, 0.717) is 12.5 Å². The lowest BCUT2D eigenvalue weighted by Crippen LogP contribution is -2.54. The molecule has 2 aliphatic carbocycles. The summed E-state index contributed by atoms with van der Waals surface area (Å²) in [7, 11) is 0. The van der Waals surface area contributed by atoms with Gasteiger partial charge in [-0.15, -0.1) is 0 Å². The molecule has 0 aromatic carbocycles. The Balaban J connectivity index is 1.32. The molecule has 4 fully saturated rings. The van der Waals surface area contributed by atoms with Crippen molar-refractivity contribution in [2.24, 2.45) is 23.2 Å². The largest absolute Gasteiger partial charge is 0.462 e. The molecule has 7 unspecified atom stereocenters. The molecule has 7 atom stereocenters. The number of nitrogens with zero attached hydrogens (tertiary/aromatic N) is 1. The first-order valence-corrected chi connectivity index (χ1v) is 10.0. The second-order valence-electron chi connectivity index (χ2n) is 9.04. The fourth-order valence-electron chi connectivity index (χ4n) is 6.34. The summed E-state index contributed by atoms with van der Waals surface area (Å²) < 4.78 is 12.3. The van der Waals surface area contributed by atoms with E-state index in [0.717, 1.165) is 13.0 Å². The summed E-state index contributed by atoms with van der Waals surface area (Å²) in [4.78, 5) is 16.7. The van der Waals surface area contributed by atoms with Crippen molar-refractivity contribution in [2.75, 3.05) is 6.54 Å². The van der Waals surface area contributed by atoms with E-state index in [9.17, 15) is 4.79 Å². The molecule has 26 heavy (non-hydrogen) atoms. The van der Waals surface area contributed by atoms with Gasteiger partial charge in [0, 0.05) is 36.8 Å². The summed E-state index contributed by atoms with van der Waals surface area (Å²) in [6.07, 6.45) is 8.48. The number of carbonyl (C=O) groups excluding carboxylic acids is 1. The van der Waals surface area contributed by atoms with Crippen LogP contribution >= 0.6 is 0 Å². The Morgan fingerprint density at radius 2 is 2.15 bits per heavy atom. The van der Waals surface area contributed by atoms with Gasteiger partial charge in [0.2, 0.25) is 0 Å². The van der Waals surface area contributed by atoms with Crippen molar-refractivity contribution in [3.8, 4) is 0 Å². The summed E-state index contributed by atoms with van der Waals surface area (Å²) >= 11 is 0. The Labute approximate surface area is 154 Å². The number of nitrogens with one attached hydrogen (secondary N) is 1. The van der Waals surface area contributed by atoms with Crippen LogP contribution in [-0.4, -0.2) is 35.3 Å². The van der Waals surface area contributed by atoms with E-state index in [1.807, 2.05) is 12.1 Å². The number of hydrogen-bond donors (Lipinski definition) is 1. The monoisotopic (exact) mass is 356 g/mol. The van der Waals surface area contributed by atoms with Gasteiger partial charge in [0.05, 0.1) is 12.0 Å². The molecule has 5 nitrogen and oxygen atoms in total. The molecular weight excluding hydrogens is 328 g/mol. The molecule has 0 amide bonds. The highest BCUT2D eigenvalue weighted by molar-refractivity contribution is 5.76. The van der Waals surface area contributed by atoms with E-state index in [1.54, 1.807) is 12.4 Å². The molecule has 0 bridgehead atoms. The number of hydrogen-bond acceptors (Lipinski definition) is 5. The SMILES string of the molecule is CC1CCCC2(C)CC3OC(=O)C(CNCc4ccncc4)C3C3OC132. The van der Waals surface area contributed by atoms with Crippen molar-refractivity contribution in [1.82, 2.24) is 10.3 Å². The number of carbonyl (C=O) groups is 1. The molecule has 0 radical (unpaired) electrons. The summed E-state index contributed by atoms with van der Waals surface area (Å²) in [5, 5.41) is 3.45. The normalized spacial score (nSPS) is 46.1. The Bertz CT molecular complexity index is 710. The van der Waals surface area contributed by atoms with E-state index in [4.69, 9.17) is 9.47 Å². The van der Waals surface area contributed by atoms with Gasteiger partial charge in [0.1, 0.15) is 11.7 Å². The van der Waals surface area contributed by atoms with Gasteiger partial charge < -0.3 is 14.8 Å². The Hall–Kier alpha value is -1.46. The van der Waals surface area contributed by atoms with Crippen molar-refractivity contribution in [3.05, 3.63) is 30.1 Å². The molecule has 4 aliphatic rings. The highest BCUT2D eigenvalue weighted by atomic mass is 16.6. The second kappa shape index (κ2) is 5.77. The number of epoxide rings is 1. The zero-order valence-electron chi connectivity index (χ0n) is 15.6. The van der Waals surface area contributed by atoms with E-state index >= 15 is 0 Å². The van der Waals surface area contributed by atoms with E-state index < -0.39 is 0 Å². The molecule has 3 heterocycles. The third kappa shape index (κ3) is 2.23. The minimum absolute atomic E-state index is 0.0102. The molecule has 2 saturated heterocycles. The predicted octanol–water partition coefficient (Wildman–Crippen LogP) is 2.70. The van der Waals surface area contributed by atoms with Crippen LogP contribution in [-0.2, 0) is 20.8 Å². The van der Waals surface area contributed by atoms with Crippen LogP contribution in [0.2, 0.25) is 0 Å². The summed E-state index contributed by atoms with van der Waals surface area (Å²) in [5.41, 5.74) is 1.33. The van der Waals surface area contributed by atoms with Gasteiger partial charge in [-0.2, -0.15) is 0 Å². The van der Waals surface area contributed by atoms with Gasteiger partial charge in [0.15, 0.2) is 0 Å². The fourth-order valence-corrected chi connectivity index (χ4v) is 6.34. The van der Waals surface area contributed by atoms with Gasteiger partial charge in [-0.3, -0.25) is 9.78 Å². The minimum atomic E-state index is -0.0927. The molecule has 2 saturated carbocycles. The first-order valence-electron chi connectivity index (χ1n) is 10.0. The summed E-state index contributed by atoms with van der Waals surface area (Å²) in [6.45, 7) is 6.10. The van der Waals surface area contributed by atoms with Crippen molar-refractivity contribution in [2.45, 2.75) is 63.9 Å². The lowest BCUT2D eigenvalue weighted by atomic mass is 9.53. The zero-order chi connectivity index (χ0) is 17.9. The molecule has 5 heteroatoms. The van der Waals surface area contributed by atoms with Crippen LogP contribution in [0, 0.1) is 23.2 Å². The minimum Gasteiger partial charge on any atom is -0.462 e. The maximum Gasteiger partial charge on any atom is 0.311 e. The molecule has 1 N–H and O–H groups in total. The quantitative estimate of drug-likeness (QED) is 0.664. The maximum atomic E-state index is 12.6. The van der Waals surface area contributed by atoms with Crippen LogP contribution in [0.3, 0.4) is 0 Å². The van der Waals surface area contributed by atoms with Crippen LogP contribution in [0.5, 0.6) is 0 Å². The molecule has 5 rings (SSSR count). The second-order valence-corrected chi connectivity index (χ2v) is 9.04.